The fraction of sp³-hybridized carbons (Fsp3) is 0.909. The van der Waals surface area contributed by atoms with Gasteiger partial charge in [-0.2, -0.15) is 0 Å². The molecular weight excluding hydrogens is 224 g/mol. The minimum Gasteiger partial charge on any atom is -0.388 e. The normalized spacial score (nSPS) is 42.0. The number of urea groups is 1. The third kappa shape index (κ3) is 2.88. The molecule has 4 N–H and O–H groups in total. The molecule has 6 nitrogen and oxygen atoms in total. The molecule has 0 unspecified atom stereocenters. The van der Waals surface area contributed by atoms with E-state index in [9.17, 15) is 15.0 Å². The molecular formula is C11H20N2O4. The summed E-state index contributed by atoms with van der Waals surface area (Å²) in [5.41, 5.74) is -0.865. The lowest BCUT2D eigenvalue weighted by Crippen LogP contribution is -2.64. The summed E-state index contributed by atoms with van der Waals surface area (Å²) >= 11 is 0. The Morgan fingerprint density at radius 2 is 2.06 bits per heavy atom. The first kappa shape index (κ1) is 12.6. The summed E-state index contributed by atoms with van der Waals surface area (Å²) < 4.78 is 5.10. The summed E-state index contributed by atoms with van der Waals surface area (Å²) in [4.78, 5) is 11.7. The van der Waals surface area contributed by atoms with Gasteiger partial charge in [0.25, 0.3) is 0 Å². The molecule has 1 aliphatic heterocycles. The molecule has 0 radical (unpaired) electrons. The maximum atomic E-state index is 11.7. The quantitative estimate of drug-likeness (QED) is 0.536. The van der Waals surface area contributed by atoms with Crippen LogP contribution in [0.2, 0.25) is 0 Å². The summed E-state index contributed by atoms with van der Waals surface area (Å²) in [6, 6.07) is -0.0340. The lowest BCUT2D eigenvalue weighted by molar-refractivity contribution is -0.219. The Kier molecular flexibility index (Phi) is 3.29. The van der Waals surface area contributed by atoms with Gasteiger partial charge in [-0.25, -0.2) is 4.79 Å². The number of nitrogens with one attached hydrogen (secondary N) is 2. The van der Waals surface area contributed by atoms with Crippen LogP contribution in [-0.2, 0) is 4.74 Å². The van der Waals surface area contributed by atoms with Crippen molar-refractivity contribution in [3.63, 3.8) is 0 Å². The molecule has 1 saturated heterocycles. The fourth-order valence-corrected chi connectivity index (χ4v) is 2.21. The number of rotatable bonds is 2. The van der Waals surface area contributed by atoms with Gasteiger partial charge in [0.1, 0.15) is 6.10 Å². The van der Waals surface area contributed by atoms with E-state index >= 15 is 0 Å². The molecule has 17 heavy (non-hydrogen) atoms. The average molecular weight is 244 g/mol. The highest BCUT2D eigenvalue weighted by Crippen LogP contribution is 2.28. The third-order valence-corrected chi connectivity index (χ3v) is 3.38. The van der Waals surface area contributed by atoms with Gasteiger partial charge in [0.15, 0.2) is 6.29 Å². The van der Waals surface area contributed by atoms with Gasteiger partial charge < -0.3 is 25.6 Å². The molecule has 0 aromatic carbocycles. The number of aliphatic hydroxyl groups is 2. The van der Waals surface area contributed by atoms with E-state index in [4.69, 9.17) is 4.74 Å². The Labute approximate surface area is 100 Å². The largest absolute Gasteiger partial charge is 0.388 e. The van der Waals surface area contributed by atoms with Crippen molar-refractivity contribution >= 4 is 6.03 Å². The van der Waals surface area contributed by atoms with E-state index in [1.54, 1.807) is 13.8 Å². The zero-order valence-electron chi connectivity index (χ0n) is 10.1. The Bertz CT molecular complexity index is 308. The minimum absolute atomic E-state index is 0.177. The molecule has 0 bridgehead atoms. The predicted octanol–water partition coefficient (Wildman–Crippen LogP) is -0.305. The Balaban J connectivity index is 1.96. The van der Waals surface area contributed by atoms with E-state index in [0.29, 0.717) is 0 Å². The number of hydrogen-bond donors (Lipinski definition) is 4. The predicted molar refractivity (Wildman–Crippen MR) is 60.3 cm³/mol. The highest BCUT2D eigenvalue weighted by atomic mass is 16.6. The maximum Gasteiger partial charge on any atom is 0.315 e. The summed E-state index contributed by atoms with van der Waals surface area (Å²) in [6.45, 7) is 3.39. The van der Waals surface area contributed by atoms with E-state index < -0.39 is 24.0 Å². The van der Waals surface area contributed by atoms with Gasteiger partial charge in [-0.05, 0) is 26.7 Å². The van der Waals surface area contributed by atoms with Crippen molar-refractivity contribution in [2.45, 2.75) is 63.2 Å². The Morgan fingerprint density at radius 3 is 2.65 bits per heavy atom. The monoisotopic (exact) mass is 244 g/mol. The molecule has 2 rings (SSSR count). The van der Waals surface area contributed by atoms with Gasteiger partial charge in [0, 0.05) is 12.5 Å². The van der Waals surface area contributed by atoms with Crippen LogP contribution in [0.25, 0.3) is 0 Å². The number of aliphatic hydroxyl groups excluding tert-OH is 2. The highest BCUT2D eigenvalue weighted by molar-refractivity contribution is 5.75. The topological polar surface area (TPSA) is 90.8 Å². The molecule has 6 heteroatoms. The van der Waals surface area contributed by atoms with Crippen LogP contribution in [0.4, 0.5) is 4.79 Å². The minimum atomic E-state index is -0.959. The standard InChI is InChI=1S/C11H20N2O4/c1-6-9(15)11(2,5-8(14)17-6)13-10(16)12-7-3-4-7/h6-9,14-15H,3-5H2,1-2H3,(H2,12,13,16)/t6-,8+,9+,11-/m0/s1. The molecule has 1 heterocycles. The molecule has 98 valence electrons. The van der Waals surface area contributed by atoms with Gasteiger partial charge >= 0.3 is 6.03 Å². The van der Waals surface area contributed by atoms with Crippen LogP contribution in [0.1, 0.15) is 33.1 Å². The second-order valence-corrected chi connectivity index (χ2v) is 5.24. The first-order valence-electron chi connectivity index (χ1n) is 6.01. The molecule has 2 fully saturated rings. The molecule has 2 aliphatic rings. The zero-order valence-corrected chi connectivity index (χ0v) is 10.1. The van der Waals surface area contributed by atoms with Crippen LogP contribution >= 0.6 is 0 Å². The summed E-state index contributed by atoms with van der Waals surface area (Å²) in [7, 11) is 0. The van der Waals surface area contributed by atoms with Crippen molar-refractivity contribution in [1.29, 1.82) is 0 Å². The van der Waals surface area contributed by atoms with E-state index in [0.717, 1.165) is 12.8 Å². The van der Waals surface area contributed by atoms with Gasteiger partial charge in [-0.15, -0.1) is 0 Å². The van der Waals surface area contributed by atoms with Gasteiger partial charge in [0.05, 0.1) is 11.6 Å². The average Bonchev–Trinajstić information content (AvgIpc) is 2.97. The molecule has 0 aromatic rings. The van der Waals surface area contributed by atoms with Crippen LogP contribution in [0.3, 0.4) is 0 Å². The number of ether oxygens (including phenoxy) is 1. The van der Waals surface area contributed by atoms with Crippen LogP contribution in [0, 0.1) is 0 Å². The Hall–Kier alpha value is -0.850. The molecule has 0 aromatic heterocycles. The van der Waals surface area contributed by atoms with Crippen molar-refractivity contribution in [3.05, 3.63) is 0 Å². The van der Waals surface area contributed by atoms with E-state index in [1.807, 2.05) is 0 Å². The molecule has 2 amide bonds. The number of carbonyl (C=O) groups is 1. The summed E-state index contributed by atoms with van der Waals surface area (Å²) in [5, 5.41) is 25.1. The van der Waals surface area contributed by atoms with Crippen LogP contribution in [0.5, 0.6) is 0 Å². The van der Waals surface area contributed by atoms with Crippen molar-refractivity contribution in [1.82, 2.24) is 10.6 Å². The lowest BCUT2D eigenvalue weighted by atomic mass is 9.85. The first-order chi connectivity index (χ1) is 7.90. The first-order valence-corrected chi connectivity index (χ1v) is 6.01. The van der Waals surface area contributed by atoms with E-state index in [1.165, 1.54) is 0 Å². The van der Waals surface area contributed by atoms with Crippen molar-refractivity contribution in [2.24, 2.45) is 0 Å². The number of amides is 2. The third-order valence-electron chi connectivity index (χ3n) is 3.38. The smallest absolute Gasteiger partial charge is 0.315 e. The summed E-state index contributed by atoms with van der Waals surface area (Å²) in [6.07, 6.45) is -0.110. The zero-order chi connectivity index (χ0) is 12.6. The maximum absolute atomic E-state index is 11.7. The van der Waals surface area contributed by atoms with Crippen LogP contribution in [-0.4, -0.2) is 46.3 Å². The molecule has 1 aliphatic carbocycles. The molecule has 4 atom stereocenters. The Morgan fingerprint density at radius 1 is 1.41 bits per heavy atom. The van der Waals surface area contributed by atoms with Crippen molar-refractivity contribution in [2.75, 3.05) is 0 Å². The summed E-state index contributed by atoms with van der Waals surface area (Å²) in [5.74, 6) is 0. The molecule has 0 spiro atoms. The van der Waals surface area contributed by atoms with Crippen molar-refractivity contribution < 1.29 is 19.7 Å². The van der Waals surface area contributed by atoms with Crippen molar-refractivity contribution in [3.8, 4) is 0 Å². The van der Waals surface area contributed by atoms with Crippen LogP contribution in [0.15, 0.2) is 0 Å². The fourth-order valence-electron chi connectivity index (χ4n) is 2.21. The van der Waals surface area contributed by atoms with Crippen LogP contribution < -0.4 is 10.6 Å². The highest BCUT2D eigenvalue weighted by Gasteiger charge is 2.45. The molecule has 1 saturated carbocycles. The lowest BCUT2D eigenvalue weighted by Gasteiger charge is -2.44. The van der Waals surface area contributed by atoms with E-state index in [-0.39, 0.29) is 18.5 Å². The van der Waals surface area contributed by atoms with Gasteiger partial charge in [0.2, 0.25) is 0 Å². The van der Waals surface area contributed by atoms with E-state index in [2.05, 4.69) is 10.6 Å². The van der Waals surface area contributed by atoms with Gasteiger partial charge in [-0.3, -0.25) is 0 Å². The SMILES string of the molecule is C[C@@H]1O[C@@H](O)C[C@](C)(NC(=O)NC2CC2)[C@@H]1O. The second kappa shape index (κ2) is 4.44. The second-order valence-electron chi connectivity index (χ2n) is 5.24. The number of carbonyl (C=O) groups excluding carboxylic acids is 1. The van der Waals surface area contributed by atoms with Gasteiger partial charge in [-0.1, -0.05) is 0 Å². The number of hydrogen-bond acceptors (Lipinski definition) is 4.